The summed E-state index contributed by atoms with van der Waals surface area (Å²) in [5.41, 5.74) is 0.0958. The Kier molecular flexibility index (Phi) is 11.5. The maximum absolute atomic E-state index is 5.79. The van der Waals surface area contributed by atoms with Gasteiger partial charge in [-0.05, 0) is 27.2 Å². The normalized spacial score (nSPS) is 13.7. The van der Waals surface area contributed by atoms with Crippen LogP contribution in [-0.4, -0.2) is 65.4 Å². The Morgan fingerprint density at radius 1 is 0.947 bits per heavy atom. The third-order valence-electron chi connectivity index (χ3n) is 2.43. The molecule has 0 aliphatic carbocycles. The topological polar surface area (TPSA) is 49.0 Å². The van der Waals surface area contributed by atoms with Gasteiger partial charge in [0.15, 0.2) is 0 Å². The number of hydrogen-bond acceptors (Lipinski definition) is 5. The van der Waals surface area contributed by atoms with Crippen molar-refractivity contribution in [2.45, 2.75) is 38.8 Å². The van der Waals surface area contributed by atoms with E-state index >= 15 is 0 Å². The Bertz CT molecular complexity index is 194. The molecule has 1 unspecified atom stereocenters. The van der Waals surface area contributed by atoms with Gasteiger partial charge in [0.1, 0.15) is 0 Å². The predicted molar refractivity (Wildman–Crippen MR) is 76.7 cm³/mol. The van der Waals surface area contributed by atoms with E-state index in [2.05, 4.69) is 26.1 Å². The number of rotatable bonds is 12. The van der Waals surface area contributed by atoms with Gasteiger partial charge in [0, 0.05) is 39.5 Å². The van der Waals surface area contributed by atoms with Gasteiger partial charge in [-0.2, -0.15) is 0 Å². The van der Waals surface area contributed by atoms with Crippen LogP contribution in [0.2, 0.25) is 0 Å². The fraction of sp³-hybridized carbons (Fsp3) is 1.00. The van der Waals surface area contributed by atoms with E-state index in [4.69, 9.17) is 18.9 Å². The van der Waals surface area contributed by atoms with Crippen molar-refractivity contribution in [3.63, 3.8) is 0 Å². The SMILES string of the molecule is COCCOCCCOC(CNC(C)(C)C)COC. The van der Waals surface area contributed by atoms with E-state index in [0.717, 1.165) is 13.0 Å². The van der Waals surface area contributed by atoms with Gasteiger partial charge in [0.25, 0.3) is 0 Å². The molecule has 0 spiro atoms. The van der Waals surface area contributed by atoms with Crippen molar-refractivity contribution in [1.29, 1.82) is 0 Å². The molecule has 116 valence electrons. The summed E-state index contributed by atoms with van der Waals surface area (Å²) in [7, 11) is 3.37. The zero-order valence-corrected chi connectivity index (χ0v) is 13.2. The molecule has 0 fully saturated rings. The molecule has 0 saturated heterocycles. The van der Waals surface area contributed by atoms with Gasteiger partial charge in [0.05, 0.1) is 25.9 Å². The van der Waals surface area contributed by atoms with Crippen molar-refractivity contribution >= 4 is 0 Å². The molecule has 5 nitrogen and oxygen atoms in total. The van der Waals surface area contributed by atoms with Gasteiger partial charge in [-0.25, -0.2) is 0 Å². The molecule has 0 heterocycles. The summed E-state index contributed by atoms with van der Waals surface area (Å²) >= 11 is 0. The van der Waals surface area contributed by atoms with Gasteiger partial charge in [-0.15, -0.1) is 0 Å². The Labute approximate surface area is 117 Å². The lowest BCUT2D eigenvalue weighted by atomic mass is 10.1. The standard InChI is InChI=1S/C14H31NO4/c1-14(2,3)15-11-13(12-17-5)19-8-6-7-18-10-9-16-4/h13,15H,6-12H2,1-5H3. The second-order valence-electron chi connectivity index (χ2n) is 5.54. The Hall–Kier alpha value is -0.200. The Balaban J connectivity index is 3.59. The minimum atomic E-state index is 0.0863. The van der Waals surface area contributed by atoms with Crippen LogP contribution in [-0.2, 0) is 18.9 Å². The van der Waals surface area contributed by atoms with Gasteiger partial charge in [-0.3, -0.25) is 0 Å². The zero-order chi connectivity index (χ0) is 14.6. The fourth-order valence-electron chi connectivity index (χ4n) is 1.43. The molecular weight excluding hydrogens is 246 g/mol. The largest absolute Gasteiger partial charge is 0.382 e. The summed E-state index contributed by atoms with van der Waals surface area (Å²) in [6.45, 7) is 10.5. The lowest BCUT2D eigenvalue weighted by Crippen LogP contribution is -2.43. The second kappa shape index (κ2) is 11.6. The van der Waals surface area contributed by atoms with E-state index < -0.39 is 0 Å². The van der Waals surface area contributed by atoms with Crippen molar-refractivity contribution in [1.82, 2.24) is 5.32 Å². The molecule has 0 bridgehead atoms. The highest BCUT2D eigenvalue weighted by molar-refractivity contribution is 4.73. The molecule has 0 aromatic carbocycles. The lowest BCUT2D eigenvalue weighted by Gasteiger charge is -2.25. The highest BCUT2D eigenvalue weighted by atomic mass is 16.5. The van der Waals surface area contributed by atoms with Crippen molar-refractivity contribution in [2.24, 2.45) is 0 Å². The predicted octanol–water partition coefficient (Wildman–Crippen LogP) is 1.46. The van der Waals surface area contributed by atoms with Crippen LogP contribution in [0.1, 0.15) is 27.2 Å². The summed E-state index contributed by atoms with van der Waals surface area (Å²) in [5, 5.41) is 3.42. The number of nitrogens with one attached hydrogen (secondary N) is 1. The smallest absolute Gasteiger partial charge is 0.0932 e. The van der Waals surface area contributed by atoms with E-state index in [0.29, 0.717) is 33.0 Å². The second-order valence-corrected chi connectivity index (χ2v) is 5.54. The first-order chi connectivity index (χ1) is 8.99. The van der Waals surface area contributed by atoms with Gasteiger partial charge in [0.2, 0.25) is 0 Å². The molecule has 1 N–H and O–H groups in total. The van der Waals surface area contributed by atoms with Crippen LogP contribution in [0.5, 0.6) is 0 Å². The van der Waals surface area contributed by atoms with Crippen molar-refractivity contribution in [2.75, 3.05) is 53.8 Å². The molecule has 1 atom stereocenters. The molecule has 0 rings (SSSR count). The van der Waals surface area contributed by atoms with Crippen LogP contribution in [0.3, 0.4) is 0 Å². The number of ether oxygens (including phenoxy) is 4. The van der Waals surface area contributed by atoms with Crippen LogP contribution in [0.15, 0.2) is 0 Å². The molecule has 0 aromatic heterocycles. The van der Waals surface area contributed by atoms with Crippen LogP contribution in [0, 0.1) is 0 Å². The van der Waals surface area contributed by atoms with E-state index in [1.54, 1.807) is 14.2 Å². The highest BCUT2D eigenvalue weighted by Gasteiger charge is 2.14. The molecule has 0 amide bonds. The summed E-state index contributed by atoms with van der Waals surface area (Å²) < 4.78 is 21.2. The van der Waals surface area contributed by atoms with Crippen molar-refractivity contribution < 1.29 is 18.9 Å². The van der Waals surface area contributed by atoms with Crippen molar-refractivity contribution in [3.05, 3.63) is 0 Å². The summed E-state index contributed by atoms with van der Waals surface area (Å²) in [4.78, 5) is 0. The van der Waals surface area contributed by atoms with E-state index in [9.17, 15) is 0 Å². The van der Waals surface area contributed by atoms with E-state index in [-0.39, 0.29) is 11.6 Å². The monoisotopic (exact) mass is 277 g/mol. The third-order valence-corrected chi connectivity index (χ3v) is 2.43. The maximum Gasteiger partial charge on any atom is 0.0932 e. The van der Waals surface area contributed by atoms with Gasteiger partial charge >= 0.3 is 0 Å². The molecular formula is C14H31NO4. The molecule has 0 aliphatic heterocycles. The third kappa shape index (κ3) is 14.0. The zero-order valence-electron chi connectivity index (χ0n) is 13.2. The minimum absolute atomic E-state index is 0.0863. The minimum Gasteiger partial charge on any atom is -0.382 e. The first kappa shape index (κ1) is 18.8. The van der Waals surface area contributed by atoms with Crippen molar-refractivity contribution in [3.8, 4) is 0 Å². The van der Waals surface area contributed by atoms with Crippen LogP contribution in [0.4, 0.5) is 0 Å². The lowest BCUT2D eigenvalue weighted by molar-refractivity contribution is -0.0146. The first-order valence-electron chi connectivity index (χ1n) is 6.92. The van der Waals surface area contributed by atoms with Crippen LogP contribution >= 0.6 is 0 Å². The summed E-state index contributed by atoms with van der Waals surface area (Å²) in [6, 6.07) is 0. The number of hydrogen-bond donors (Lipinski definition) is 1. The molecule has 0 aromatic rings. The molecule has 0 radical (unpaired) electrons. The van der Waals surface area contributed by atoms with Gasteiger partial charge in [-0.1, -0.05) is 0 Å². The molecule has 0 aliphatic rings. The highest BCUT2D eigenvalue weighted by Crippen LogP contribution is 2.01. The quantitative estimate of drug-likeness (QED) is 0.547. The van der Waals surface area contributed by atoms with Crippen LogP contribution < -0.4 is 5.32 Å². The molecule has 0 saturated carbocycles. The fourth-order valence-corrected chi connectivity index (χ4v) is 1.43. The Morgan fingerprint density at radius 2 is 1.68 bits per heavy atom. The average Bonchev–Trinajstić information content (AvgIpc) is 2.33. The van der Waals surface area contributed by atoms with Gasteiger partial charge < -0.3 is 24.3 Å². The van der Waals surface area contributed by atoms with Crippen LogP contribution in [0.25, 0.3) is 0 Å². The number of methoxy groups -OCH3 is 2. The van der Waals surface area contributed by atoms with E-state index in [1.165, 1.54) is 0 Å². The summed E-state index contributed by atoms with van der Waals surface area (Å²) in [6.07, 6.45) is 0.975. The molecule has 5 heteroatoms. The van der Waals surface area contributed by atoms with E-state index in [1.807, 2.05) is 0 Å². The first-order valence-corrected chi connectivity index (χ1v) is 6.92. The summed E-state index contributed by atoms with van der Waals surface area (Å²) in [5.74, 6) is 0. The average molecular weight is 277 g/mol. The maximum atomic E-state index is 5.79. The molecule has 19 heavy (non-hydrogen) atoms. The Morgan fingerprint density at radius 3 is 2.26 bits per heavy atom.